The predicted molar refractivity (Wildman–Crippen MR) is 102 cm³/mol. The van der Waals surface area contributed by atoms with Crippen molar-refractivity contribution in [2.45, 2.75) is 38.1 Å². The highest BCUT2D eigenvalue weighted by molar-refractivity contribution is 5.92. The number of likely N-dealkylation sites (N-methyl/N-ethyl adjacent to an activating group) is 1. The summed E-state index contributed by atoms with van der Waals surface area (Å²) in [6.07, 6.45) is 1.04. The summed E-state index contributed by atoms with van der Waals surface area (Å²) in [6, 6.07) is 13.2. The molecule has 2 aliphatic heterocycles. The van der Waals surface area contributed by atoms with Crippen molar-refractivity contribution in [3.05, 3.63) is 53.3 Å². The number of carbonyl (C=O) groups is 1. The van der Waals surface area contributed by atoms with E-state index in [9.17, 15) is 4.79 Å². The van der Waals surface area contributed by atoms with E-state index in [0.717, 1.165) is 31.7 Å². The van der Waals surface area contributed by atoms with Crippen LogP contribution in [-0.4, -0.2) is 58.6 Å². The Kier molecular flexibility index (Phi) is 4.57. The molecule has 0 saturated carbocycles. The Labute approximate surface area is 155 Å². The first-order valence-electron chi connectivity index (χ1n) is 9.64. The van der Waals surface area contributed by atoms with Gasteiger partial charge >= 0.3 is 0 Å². The molecular weight excluding hydrogens is 324 g/mol. The van der Waals surface area contributed by atoms with E-state index in [0.29, 0.717) is 29.5 Å². The molecule has 0 spiro atoms. The van der Waals surface area contributed by atoms with E-state index in [4.69, 9.17) is 0 Å². The van der Waals surface area contributed by atoms with Gasteiger partial charge in [-0.3, -0.25) is 9.89 Å². The van der Waals surface area contributed by atoms with E-state index in [2.05, 4.69) is 66.3 Å². The van der Waals surface area contributed by atoms with Gasteiger partial charge < -0.3 is 9.80 Å². The van der Waals surface area contributed by atoms with E-state index in [1.807, 2.05) is 11.0 Å². The second-order valence-electron chi connectivity index (χ2n) is 8.09. The Bertz CT molecular complexity index is 769. The predicted octanol–water partition coefficient (Wildman–Crippen LogP) is 3.09. The Morgan fingerprint density at radius 3 is 2.69 bits per heavy atom. The van der Waals surface area contributed by atoms with Crippen molar-refractivity contribution in [3.63, 3.8) is 0 Å². The van der Waals surface area contributed by atoms with Crippen LogP contribution in [0.5, 0.6) is 0 Å². The highest BCUT2D eigenvalue weighted by atomic mass is 16.2. The van der Waals surface area contributed by atoms with Crippen LogP contribution < -0.4 is 0 Å². The van der Waals surface area contributed by atoms with Crippen molar-refractivity contribution >= 4 is 5.91 Å². The number of H-pyrrole nitrogens is 1. The number of aromatic amines is 1. The van der Waals surface area contributed by atoms with Crippen LogP contribution in [-0.2, 0) is 0 Å². The van der Waals surface area contributed by atoms with Crippen LogP contribution in [0.3, 0.4) is 0 Å². The summed E-state index contributed by atoms with van der Waals surface area (Å²) in [5, 5.41) is 7.27. The number of aromatic nitrogens is 2. The second kappa shape index (κ2) is 6.88. The number of amides is 1. The van der Waals surface area contributed by atoms with Crippen LogP contribution in [0.1, 0.15) is 53.8 Å². The molecule has 1 aromatic carbocycles. The highest BCUT2D eigenvalue weighted by Gasteiger charge is 2.44. The molecule has 26 heavy (non-hydrogen) atoms. The van der Waals surface area contributed by atoms with Gasteiger partial charge in [-0.05, 0) is 31.0 Å². The third-order valence-corrected chi connectivity index (χ3v) is 6.14. The largest absolute Gasteiger partial charge is 0.337 e. The van der Waals surface area contributed by atoms with Gasteiger partial charge in [0.1, 0.15) is 5.69 Å². The molecule has 0 bridgehead atoms. The lowest BCUT2D eigenvalue weighted by Gasteiger charge is -2.38. The van der Waals surface area contributed by atoms with Gasteiger partial charge in [-0.2, -0.15) is 5.10 Å². The molecule has 0 aliphatic carbocycles. The average Bonchev–Trinajstić information content (AvgIpc) is 3.27. The highest BCUT2D eigenvalue weighted by Crippen LogP contribution is 2.40. The molecule has 2 aromatic rings. The molecule has 5 heteroatoms. The van der Waals surface area contributed by atoms with E-state index in [1.165, 1.54) is 5.56 Å². The number of rotatable bonds is 3. The molecule has 2 aliphatic rings. The maximum Gasteiger partial charge on any atom is 0.274 e. The normalized spacial score (nSPS) is 26.3. The Balaban J connectivity index is 1.53. The Morgan fingerprint density at radius 2 is 2.00 bits per heavy atom. The topological polar surface area (TPSA) is 52.2 Å². The molecule has 1 aromatic heterocycles. The van der Waals surface area contributed by atoms with Crippen molar-refractivity contribution < 1.29 is 4.79 Å². The number of nitrogens with zero attached hydrogens (tertiary/aromatic N) is 3. The molecule has 1 N–H and O–H groups in total. The summed E-state index contributed by atoms with van der Waals surface area (Å²) in [7, 11) is 2.22. The minimum absolute atomic E-state index is 0.0629. The van der Waals surface area contributed by atoms with Crippen LogP contribution in [0, 0.1) is 5.92 Å². The minimum Gasteiger partial charge on any atom is -0.337 e. The van der Waals surface area contributed by atoms with Crippen molar-refractivity contribution in [2.24, 2.45) is 5.92 Å². The average molecular weight is 352 g/mol. The Morgan fingerprint density at radius 1 is 1.23 bits per heavy atom. The number of piperidine rings is 1. The number of hydrogen-bond acceptors (Lipinski definition) is 3. The number of fused-ring (bicyclic) bond motifs is 1. The fourth-order valence-corrected chi connectivity index (χ4v) is 4.63. The molecule has 138 valence electrons. The van der Waals surface area contributed by atoms with Crippen LogP contribution in [0.25, 0.3) is 0 Å². The maximum atomic E-state index is 13.0. The number of benzene rings is 1. The van der Waals surface area contributed by atoms with Crippen molar-refractivity contribution in [3.8, 4) is 0 Å². The van der Waals surface area contributed by atoms with Gasteiger partial charge in [-0.15, -0.1) is 0 Å². The third-order valence-electron chi connectivity index (χ3n) is 6.14. The zero-order valence-corrected chi connectivity index (χ0v) is 15.9. The molecule has 1 amide bonds. The van der Waals surface area contributed by atoms with E-state index in [1.54, 1.807) is 0 Å². The fourth-order valence-electron chi connectivity index (χ4n) is 4.63. The summed E-state index contributed by atoms with van der Waals surface area (Å²) >= 11 is 0. The van der Waals surface area contributed by atoms with Gasteiger partial charge in [0.25, 0.3) is 5.91 Å². The molecule has 2 saturated heterocycles. The number of likely N-dealkylation sites (tertiary alicyclic amines) is 2. The molecule has 5 nitrogen and oxygen atoms in total. The van der Waals surface area contributed by atoms with Crippen LogP contribution in [0.2, 0.25) is 0 Å². The van der Waals surface area contributed by atoms with Gasteiger partial charge in [0.2, 0.25) is 0 Å². The van der Waals surface area contributed by atoms with Crippen molar-refractivity contribution in [1.82, 2.24) is 20.0 Å². The summed E-state index contributed by atoms with van der Waals surface area (Å²) < 4.78 is 0. The van der Waals surface area contributed by atoms with Gasteiger partial charge in [-0.25, -0.2) is 0 Å². The number of nitrogens with one attached hydrogen (secondary N) is 1. The molecule has 3 heterocycles. The standard InChI is InChI=1S/C21H28N4O/c1-14(2)18-11-19(23-22-18)21(26)25-10-9-20-17(13-25)16(12-24(20)3)15-7-5-4-6-8-15/h4-8,11,14,16-17,20H,9-10,12-13H2,1-3H3,(H,22,23)/t16-,17-,20-/m1/s1. The van der Waals surface area contributed by atoms with Crippen LogP contribution >= 0.6 is 0 Å². The number of carbonyl (C=O) groups excluding carboxylic acids is 1. The zero-order valence-electron chi connectivity index (χ0n) is 15.9. The smallest absolute Gasteiger partial charge is 0.274 e. The van der Waals surface area contributed by atoms with E-state index in [-0.39, 0.29) is 5.91 Å². The van der Waals surface area contributed by atoms with Crippen LogP contribution in [0.15, 0.2) is 36.4 Å². The van der Waals surface area contributed by atoms with E-state index >= 15 is 0 Å². The molecule has 2 fully saturated rings. The first-order chi connectivity index (χ1) is 12.5. The summed E-state index contributed by atoms with van der Waals surface area (Å²) in [5.41, 5.74) is 2.96. The minimum atomic E-state index is 0.0629. The Hall–Kier alpha value is -2.14. The van der Waals surface area contributed by atoms with Crippen molar-refractivity contribution in [1.29, 1.82) is 0 Å². The monoisotopic (exact) mass is 352 g/mol. The van der Waals surface area contributed by atoms with Crippen LogP contribution in [0.4, 0.5) is 0 Å². The number of hydrogen-bond donors (Lipinski definition) is 1. The lowest BCUT2D eigenvalue weighted by Crippen LogP contribution is -2.48. The summed E-state index contributed by atoms with van der Waals surface area (Å²) in [5.74, 6) is 1.39. The zero-order chi connectivity index (χ0) is 18.3. The van der Waals surface area contributed by atoms with Gasteiger partial charge in [-0.1, -0.05) is 44.2 Å². The summed E-state index contributed by atoms with van der Waals surface area (Å²) in [4.78, 5) is 17.5. The maximum absolute atomic E-state index is 13.0. The van der Waals surface area contributed by atoms with Gasteiger partial charge in [0, 0.05) is 43.2 Å². The van der Waals surface area contributed by atoms with Crippen molar-refractivity contribution in [2.75, 3.05) is 26.7 Å². The SMILES string of the molecule is CC(C)c1cc(C(=O)N2CC[C@@H]3[C@H](C2)[C@@H](c2ccccc2)CN3C)n[nH]1. The lowest BCUT2D eigenvalue weighted by molar-refractivity contribution is 0.0602. The first-order valence-corrected chi connectivity index (χ1v) is 9.64. The lowest BCUT2D eigenvalue weighted by atomic mass is 9.82. The third kappa shape index (κ3) is 3.05. The van der Waals surface area contributed by atoms with Gasteiger partial charge in [0.05, 0.1) is 0 Å². The quantitative estimate of drug-likeness (QED) is 0.923. The molecule has 0 radical (unpaired) electrons. The molecule has 0 unspecified atom stereocenters. The van der Waals surface area contributed by atoms with Gasteiger partial charge in [0.15, 0.2) is 0 Å². The van der Waals surface area contributed by atoms with E-state index < -0.39 is 0 Å². The summed E-state index contributed by atoms with van der Waals surface area (Å²) in [6.45, 7) is 6.91. The molecule has 4 rings (SSSR count). The first kappa shape index (κ1) is 17.3. The molecule has 3 atom stereocenters. The fraction of sp³-hybridized carbons (Fsp3) is 0.524. The molecular formula is C21H28N4O. The second-order valence-corrected chi connectivity index (χ2v) is 8.09.